The maximum atomic E-state index is 9.83. The van der Waals surface area contributed by atoms with Crippen LogP contribution in [0.1, 0.15) is 1.43 Å². The number of rotatable bonds is 2. The molecule has 0 spiro atoms. The molecule has 0 aromatic heterocycles. The fraction of sp³-hybridized carbons (Fsp3) is 0.333. The van der Waals surface area contributed by atoms with Crippen molar-refractivity contribution < 1.29 is 45.3 Å². The Morgan fingerprint density at radius 2 is 2.38 bits per heavy atom. The normalized spacial score (nSPS) is 6.62. The molecule has 0 atom stereocenters. The second-order valence-corrected chi connectivity index (χ2v) is 0.987. The van der Waals surface area contributed by atoms with Crippen molar-refractivity contribution in [2.45, 2.75) is 0 Å². The van der Waals surface area contributed by atoms with Crippen molar-refractivity contribution in [2.24, 2.45) is 0 Å². The van der Waals surface area contributed by atoms with E-state index in [0.717, 1.165) is 0 Å². The Kier molecular flexibility index (Phi) is 10.5. The van der Waals surface area contributed by atoms with Crippen molar-refractivity contribution in [2.75, 3.05) is 5.88 Å². The van der Waals surface area contributed by atoms with Gasteiger partial charge in [0.15, 0.2) is 0 Å². The summed E-state index contributed by atoms with van der Waals surface area (Å²) in [6, 6.07) is 0. The average Bonchev–Trinajstić information content (AvgIpc) is 1.68. The van der Waals surface area contributed by atoms with E-state index < -0.39 is 5.97 Å². The van der Waals surface area contributed by atoms with Gasteiger partial charge in [-0.1, -0.05) is 0 Å². The number of carbonyl (C=O) groups excluding carboxylic acids is 2. The maximum absolute atomic E-state index is 9.83. The van der Waals surface area contributed by atoms with E-state index in [1.807, 2.05) is 0 Å². The first-order chi connectivity index (χ1) is 3.31. The third-order valence-electron chi connectivity index (χ3n) is 0.289. The zero-order valence-corrected chi connectivity index (χ0v) is 7.14. The molecule has 0 aromatic carbocycles. The van der Waals surface area contributed by atoms with Crippen molar-refractivity contribution in [1.29, 1.82) is 0 Å². The molecule has 3 nitrogen and oxygen atoms in total. The SMILES string of the molecule is O=COC(=O)CCl.[H-].[Na+]. The molecule has 0 heterocycles. The zero-order chi connectivity index (χ0) is 5.70. The van der Waals surface area contributed by atoms with Crippen LogP contribution in [0.25, 0.3) is 0 Å². The van der Waals surface area contributed by atoms with Gasteiger partial charge >= 0.3 is 42.0 Å². The third-order valence-corrected chi connectivity index (χ3v) is 0.507. The average molecular weight is 147 g/mol. The van der Waals surface area contributed by atoms with E-state index in [9.17, 15) is 9.59 Å². The minimum atomic E-state index is -0.725. The summed E-state index contributed by atoms with van der Waals surface area (Å²) in [6.45, 7) is 0.0463. The summed E-state index contributed by atoms with van der Waals surface area (Å²) in [6.07, 6.45) is 0. The maximum Gasteiger partial charge on any atom is 1.00 e. The van der Waals surface area contributed by atoms with Crippen molar-refractivity contribution in [3.05, 3.63) is 0 Å². The number of esters is 1. The Balaban J connectivity index is -0.000000180. The Morgan fingerprint density at radius 3 is 2.50 bits per heavy atom. The molecule has 0 bridgehead atoms. The number of hydrogen-bond acceptors (Lipinski definition) is 3. The van der Waals surface area contributed by atoms with Gasteiger partial charge in [0.1, 0.15) is 5.88 Å². The molecule has 0 aliphatic heterocycles. The summed E-state index contributed by atoms with van der Waals surface area (Å²) < 4.78 is 3.74. The van der Waals surface area contributed by atoms with Crippen LogP contribution in [0.3, 0.4) is 0 Å². The van der Waals surface area contributed by atoms with E-state index in [4.69, 9.17) is 11.6 Å². The quantitative estimate of drug-likeness (QED) is 0.138. The van der Waals surface area contributed by atoms with Gasteiger partial charge in [0.05, 0.1) is 0 Å². The Bertz CT molecular complexity index is 89.1. The predicted octanol–water partition coefficient (Wildman–Crippen LogP) is -2.96. The van der Waals surface area contributed by atoms with Crippen LogP contribution in [0.2, 0.25) is 0 Å². The molecule has 0 fully saturated rings. The molecule has 0 radical (unpaired) electrons. The minimum absolute atomic E-state index is 0. The van der Waals surface area contributed by atoms with Crippen molar-refractivity contribution >= 4 is 24.0 Å². The summed E-state index contributed by atoms with van der Waals surface area (Å²) in [4.78, 5) is 19.1. The minimum Gasteiger partial charge on any atom is -1.00 e. The van der Waals surface area contributed by atoms with Crippen LogP contribution in [0.5, 0.6) is 0 Å². The number of alkyl halides is 1. The summed E-state index contributed by atoms with van der Waals surface area (Å²) in [5.74, 6) is -1.00. The van der Waals surface area contributed by atoms with E-state index in [1.165, 1.54) is 0 Å². The molecule has 0 aromatic rings. The van der Waals surface area contributed by atoms with Crippen LogP contribution in [0.15, 0.2) is 0 Å². The van der Waals surface area contributed by atoms with E-state index in [-0.39, 0.29) is 43.3 Å². The van der Waals surface area contributed by atoms with Gasteiger partial charge in [-0.3, -0.25) is 9.59 Å². The van der Waals surface area contributed by atoms with Gasteiger partial charge in [0.2, 0.25) is 0 Å². The first-order valence-corrected chi connectivity index (χ1v) is 2.03. The summed E-state index contributed by atoms with van der Waals surface area (Å²) >= 11 is 4.90. The van der Waals surface area contributed by atoms with E-state index in [1.54, 1.807) is 0 Å². The number of halogens is 1. The van der Waals surface area contributed by atoms with Crippen molar-refractivity contribution in [3.8, 4) is 0 Å². The number of hydrogen-bond donors (Lipinski definition) is 0. The van der Waals surface area contributed by atoms with Crippen LogP contribution >= 0.6 is 11.6 Å². The topological polar surface area (TPSA) is 43.4 Å². The van der Waals surface area contributed by atoms with Gasteiger partial charge in [-0.25, -0.2) is 0 Å². The van der Waals surface area contributed by atoms with Crippen LogP contribution in [-0.4, -0.2) is 18.3 Å². The standard InChI is InChI=1S/C3H3ClO3.Na.H/c4-1-3(6)7-2-5;;/h2H,1H2;;/q;+1;-1. The van der Waals surface area contributed by atoms with Gasteiger partial charge < -0.3 is 6.16 Å². The molecular formula is C3H4ClNaO3. The van der Waals surface area contributed by atoms with E-state index in [0.29, 0.717) is 0 Å². The van der Waals surface area contributed by atoms with Gasteiger partial charge in [0.25, 0.3) is 0 Å². The first-order valence-electron chi connectivity index (χ1n) is 1.50. The van der Waals surface area contributed by atoms with Gasteiger partial charge in [-0.2, -0.15) is 0 Å². The Hall–Kier alpha value is 0.430. The summed E-state index contributed by atoms with van der Waals surface area (Å²) in [7, 11) is 0. The monoisotopic (exact) mass is 146 g/mol. The zero-order valence-electron chi connectivity index (χ0n) is 5.39. The molecule has 0 aliphatic carbocycles. The molecule has 0 saturated heterocycles. The largest absolute Gasteiger partial charge is 1.00 e. The molecule has 0 amide bonds. The molecule has 0 rings (SSSR count). The van der Waals surface area contributed by atoms with Gasteiger partial charge in [0, 0.05) is 0 Å². The molecule has 0 unspecified atom stereocenters. The Morgan fingerprint density at radius 1 is 1.88 bits per heavy atom. The van der Waals surface area contributed by atoms with Crippen LogP contribution in [0.4, 0.5) is 0 Å². The van der Waals surface area contributed by atoms with Crippen LogP contribution in [0, 0.1) is 0 Å². The van der Waals surface area contributed by atoms with E-state index >= 15 is 0 Å². The summed E-state index contributed by atoms with van der Waals surface area (Å²) in [5.41, 5.74) is 0. The molecule has 42 valence electrons. The second-order valence-electron chi connectivity index (χ2n) is 0.720. The Labute approximate surface area is 75.1 Å². The molecular weight excluding hydrogens is 142 g/mol. The second kappa shape index (κ2) is 7.43. The molecule has 8 heavy (non-hydrogen) atoms. The molecule has 0 aliphatic rings. The number of carbonyl (C=O) groups is 2. The molecule has 0 saturated carbocycles. The van der Waals surface area contributed by atoms with Crippen molar-refractivity contribution in [3.63, 3.8) is 0 Å². The third kappa shape index (κ3) is 6.43. The van der Waals surface area contributed by atoms with Crippen LogP contribution < -0.4 is 29.6 Å². The van der Waals surface area contributed by atoms with Gasteiger partial charge in [-0.15, -0.1) is 11.6 Å². The summed E-state index contributed by atoms with van der Waals surface area (Å²) in [5, 5.41) is 0. The van der Waals surface area contributed by atoms with E-state index in [2.05, 4.69) is 4.74 Å². The van der Waals surface area contributed by atoms with Gasteiger partial charge in [-0.05, 0) is 0 Å². The van der Waals surface area contributed by atoms with Crippen LogP contribution in [-0.2, 0) is 14.3 Å². The first kappa shape index (κ1) is 11.3. The fourth-order valence-corrected chi connectivity index (χ4v) is 0.148. The smallest absolute Gasteiger partial charge is 1.00 e. The van der Waals surface area contributed by atoms with Crippen molar-refractivity contribution in [1.82, 2.24) is 0 Å². The number of ether oxygens (including phenoxy) is 1. The molecule has 5 heteroatoms. The predicted molar refractivity (Wildman–Crippen MR) is 24.0 cm³/mol. The fourth-order valence-electron chi connectivity index (χ4n) is 0.0852. The molecule has 0 N–H and O–H groups in total.